The Morgan fingerprint density at radius 1 is 1.10 bits per heavy atom. The predicted molar refractivity (Wildman–Crippen MR) is 111 cm³/mol. The lowest BCUT2D eigenvalue weighted by Gasteiger charge is -2.13. The van der Waals surface area contributed by atoms with Gasteiger partial charge in [0, 0.05) is 25.5 Å². The number of anilines is 1. The van der Waals surface area contributed by atoms with E-state index in [4.69, 9.17) is 9.47 Å². The highest BCUT2D eigenvalue weighted by Crippen LogP contribution is 2.38. The molecule has 0 unspecified atom stereocenters. The van der Waals surface area contributed by atoms with Crippen molar-refractivity contribution in [2.45, 2.75) is 32.6 Å². The van der Waals surface area contributed by atoms with Gasteiger partial charge < -0.3 is 20.1 Å². The fraction of sp³-hybridized carbons (Fsp3) is 0.381. The third-order valence-corrected chi connectivity index (χ3v) is 5.81. The highest BCUT2D eigenvalue weighted by atomic mass is 32.1. The molecule has 0 radical (unpaired) electrons. The van der Waals surface area contributed by atoms with E-state index in [9.17, 15) is 14.4 Å². The van der Waals surface area contributed by atoms with Crippen LogP contribution >= 0.6 is 11.3 Å². The minimum Gasteiger partial charge on any atom is -0.426 e. The molecule has 1 aromatic heterocycles. The Balaban J connectivity index is 1.89. The summed E-state index contributed by atoms with van der Waals surface area (Å²) >= 11 is 1.44. The van der Waals surface area contributed by atoms with E-state index in [1.165, 1.54) is 18.3 Å². The first-order chi connectivity index (χ1) is 14.0. The van der Waals surface area contributed by atoms with E-state index >= 15 is 0 Å². The summed E-state index contributed by atoms with van der Waals surface area (Å²) in [5, 5.41) is 6.24. The molecular formula is C21H24N2O5S. The number of carbonyl (C=O) groups is 3. The quantitative estimate of drug-likeness (QED) is 0.411. The molecule has 2 amide bonds. The number of para-hydroxylation sites is 1. The number of methoxy groups -OCH3 is 1. The maximum Gasteiger partial charge on any atom is 0.308 e. The fourth-order valence-corrected chi connectivity index (χ4v) is 4.60. The smallest absolute Gasteiger partial charge is 0.308 e. The van der Waals surface area contributed by atoms with E-state index in [1.807, 2.05) is 0 Å². The molecule has 0 aliphatic heterocycles. The van der Waals surface area contributed by atoms with Crippen molar-refractivity contribution in [3.8, 4) is 5.75 Å². The van der Waals surface area contributed by atoms with Crippen molar-refractivity contribution >= 4 is 34.1 Å². The topological polar surface area (TPSA) is 93.7 Å². The normalized spacial score (nSPS) is 12.8. The summed E-state index contributed by atoms with van der Waals surface area (Å²) in [4.78, 5) is 38.2. The lowest BCUT2D eigenvalue weighted by Crippen LogP contribution is -2.28. The second-order valence-corrected chi connectivity index (χ2v) is 7.81. The van der Waals surface area contributed by atoms with Crippen molar-refractivity contribution < 1.29 is 23.9 Å². The van der Waals surface area contributed by atoms with Gasteiger partial charge in [-0.25, -0.2) is 0 Å². The lowest BCUT2D eigenvalue weighted by molar-refractivity contribution is -0.131. The fourth-order valence-electron chi connectivity index (χ4n) is 3.32. The zero-order valence-corrected chi connectivity index (χ0v) is 17.3. The maximum absolute atomic E-state index is 12.9. The predicted octanol–water partition coefficient (Wildman–Crippen LogP) is 3.18. The first kappa shape index (κ1) is 21.0. The van der Waals surface area contributed by atoms with Gasteiger partial charge in [-0.05, 0) is 43.4 Å². The second kappa shape index (κ2) is 9.67. The number of carbonyl (C=O) groups excluding carboxylic acids is 3. The molecule has 0 atom stereocenters. The van der Waals surface area contributed by atoms with Crippen LogP contribution in [0.15, 0.2) is 24.3 Å². The van der Waals surface area contributed by atoms with E-state index in [0.29, 0.717) is 23.7 Å². The van der Waals surface area contributed by atoms with Crippen molar-refractivity contribution in [2.24, 2.45) is 0 Å². The molecule has 0 spiro atoms. The third-order valence-electron chi connectivity index (χ3n) is 4.60. The summed E-state index contributed by atoms with van der Waals surface area (Å²) in [5.74, 6) is -0.962. The average molecular weight is 416 g/mol. The van der Waals surface area contributed by atoms with Crippen LogP contribution in [0.4, 0.5) is 5.00 Å². The molecule has 1 aliphatic carbocycles. The zero-order chi connectivity index (χ0) is 20.8. The summed E-state index contributed by atoms with van der Waals surface area (Å²) in [6, 6.07) is 6.53. The number of fused-ring (bicyclic) bond motifs is 1. The molecule has 2 aromatic rings. The minimum atomic E-state index is -0.505. The van der Waals surface area contributed by atoms with Gasteiger partial charge in [0.2, 0.25) is 0 Å². The SMILES string of the molecule is COCCNC(=O)c1c(NC(=O)c2ccccc2OC(C)=O)sc2c1CCCC2. The summed E-state index contributed by atoms with van der Waals surface area (Å²) < 4.78 is 10.1. The van der Waals surface area contributed by atoms with Crippen molar-refractivity contribution in [3.05, 3.63) is 45.8 Å². The number of thiophene rings is 1. The molecule has 0 saturated carbocycles. The standard InChI is InChI=1S/C21H24N2O5S/c1-13(24)28-16-9-5-3-7-14(16)19(25)23-21-18(20(26)22-11-12-27-2)15-8-4-6-10-17(15)29-21/h3,5,7,9H,4,6,8,10-12H2,1-2H3,(H,22,26)(H,23,25). The molecule has 0 fully saturated rings. The molecule has 8 heteroatoms. The van der Waals surface area contributed by atoms with Crippen LogP contribution in [-0.2, 0) is 22.4 Å². The van der Waals surface area contributed by atoms with Gasteiger partial charge in [-0.1, -0.05) is 12.1 Å². The highest BCUT2D eigenvalue weighted by Gasteiger charge is 2.27. The van der Waals surface area contributed by atoms with Crippen molar-refractivity contribution in [1.29, 1.82) is 0 Å². The monoisotopic (exact) mass is 416 g/mol. The Hall–Kier alpha value is -2.71. The van der Waals surface area contributed by atoms with Crippen LogP contribution in [0.2, 0.25) is 0 Å². The molecule has 29 heavy (non-hydrogen) atoms. The van der Waals surface area contributed by atoms with Crippen molar-refractivity contribution in [1.82, 2.24) is 5.32 Å². The number of amides is 2. The van der Waals surface area contributed by atoms with Crippen LogP contribution in [0.5, 0.6) is 5.75 Å². The van der Waals surface area contributed by atoms with Gasteiger partial charge in [0.25, 0.3) is 11.8 Å². The molecule has 7 nitrogen and oxygen atoms in total. The van der Waals surface area contributed by atoms with Crippen molar-refractivity contribution in [2.75, 3.05) is 25.6 Å². The Kier molecular flexibility index (Phi) is 7.00. The maximum atomic E-state index is 12.9. The van der Waals surface area contributed by atoms with E-state index in [1.54, 1.807) is 31.4 Å². The number of hydrogen-bond donors (Lipinski definition) is 2. The average Bonchev–Trinajstić information content (AvgIpc) is 3.05. The van der Waals surface area contributed by atoms with E-state index < -0.39 is 11.9 Å². The molecule has 0 saturated heterocycles. The summed E-state index contributed by atoms with van der Waals surface area (Å²) in [7, 11) is 1.57. The number of nitrogens with one attached hydrogen (secondary N) is 2. The van der Waals surface area contributed by atoms with Crippen LogP contribution < -0.4 is 15.4 Å². The molecule has 2 N–H and O–H groups in total. The molecule has 1 heterocycles. The van der Waals surface area contributed by atoms with Crippen LogP contribution in [-0.4, -0.2) is 38.0 Å². The summed E-state index contributed by atoms with van der Waals surface area (Å²) in [5.41, 5.74) is 1.78. The minimum absolute atomic E-state index is 0.185. The molecule has 154 valence electrons. The van der Waals surface area contributed by atoms with Crippen LogP contribution in [0.1, 0.15) is 50.9 Å². The molecular weight excluding hydrogens is 392 g/mol. The van der Waals surface area contributed by atoms with Crippen LogP contribution in [0, 0.1) is 0 Å². The highest BCUT2D eigenvalue weighted by molar-refractivity contribution is 7.17. The zero-order valence-electron chi connectivity index (χ0n) is 16.5. The first-order valence-corrected chi connectivity index (χ1v) is 10.3. The number of esters is 1. The van der Waals surface area contributed by atoms with Gasteiger partial charge in [-0.2, -0.15) is 0 Å². The Bertz CT molecular complexity index is 922. The van der Waals surface area contributed by atoms with E-state index in [2.05, 4.69) is 10.6 Å². The van der Waals surface area contributed by atoms with E-state index in [-0.39, 0.29) is 17.2 Å². The van der Waals surface area contributed by atoms with Gasteiger partial charge in [-0.3, -0.25) is 14.4 Å². The second-order valence-electron chi connectivity index (χ2n) is 6.71. The van der Waals surface area contributed by atoms with Crippen LogP contribution in [0.3, 0.4) is 0 Å². The molecule has 1 aromatic carbocycles. The first-order valence-electron chi connectivity index (χ1n) is 9.51. The molecule has 0 bridgehead atoms. The largest absolute Gasteiger partial charge is 0.426 e. The number of aryl methyl sites for hydroxylation is 1. The lowest BCUT2D eigenvalue weighted by atomic mass is 9.95. The Labute approximate surface area is 173 Å². The van der Waals surface area contributed by atoms with Crippen molar-refractivity contribution in [3.63, 3.8) is 0 Å². The summed E-state index contributed by atoms with van der Waals surface area (Å²) in [6.07, 6.45) is 3.81. The number of benzene rings is 1. The van der Waals surface area contributed by atoms with Gasteiger partial charge in [0.15, 0.2) is 0 Å². The van der Waals surface area contributed by atoms with Gasteiger partial charge in [0.1, 0.15) is 10.8 Å². The summed E-state index contributed by atoms with van der Waals surface area (Å²) in [6.45, 7) is 2.09. The van der Waals surface area contributed by atoms with Gasteiger partial charge in [-0.15, -0.1) is 11.3 Å². The Morgan fingerprint density at radius 2 is 1.86 bits per heavy atom. The van der Waals surface area contributed by atoms with Gasteiger partial charge in [0.05, 0.1) is 17.7 Å². The number of rotatable bonds is 7. The van der Waals surface area contributed by atoms with Crippen LogP contribution in [0.25, 0.3) is 0 Å². The number of ether oxygens (including phenoxy) is 2. The Morgan fingerprint density at radius 3 is 2.62 bits per heavy atom. The molecule has 3 rings (SSSR count). The van der Waals surface area contributed by atoms with E-state index in [0.717, 1.165) is 36.1 Å². The third kappa shape index (κ3) is 5.02. The molecule has 1 aliphatic rings. The number of hydrogen-bond acceptors (Lipinski definition) is 6. The van der Waals surface area contributed by atoms with Gasteiger partial charge >= 0.3 is 5.97 Å².